The van der Waals surface area contributed by atoms with E-state index in [0.29, 0.717) is 0 Å². The van der Waals surface area contributed by atoms with Gasteiger partial charge in [0, 0.05) is 26.2 Å². The molecule has 1 aliphatic rings. The molecule has 2 rings (SSSR count). The van der Waals surface area contributed by atoms with E-state index in [1.165, 1.54) is 29.7 Å². The first-order valence-corrected chi connectivity index (χ1v) is 6.69. The normalized spacial score (nSPS) is 16.2. The maximum Gasteiger partial charge on any atom is 0.0230 e. The second-order valence-corrected chi connectivity index (χ2v) is 5.42. The lowest BCUT2D eigenvalue weighted by Gasteiger charge is -2.20. The number of rotatable bonds is 5. The van der Waals surface area contributed by atoms with Crippen LogP contribution in [0.15, 0.2) is 18.2 Å². The first kappa shape index (κ1) is 12.6. The Hall–Kier alpha value is -0.860. The van der Waals surface area contributed by atoms with E-state index in [0.717, 1.165) is 25.6 Å². The standard InChI is InChI=1S/C15H24N2/c1-4-12(2)10-17(3)11-13-5-6-14-8-16-9-15(14)7-13/h5-7,12,16H,4,8-11H2,1-3H3. The smallest absolute Gasteiger partial charge is 0.0230 e. The summed E-state index contributed by atoms with van der Waals surface area (Å²) < 4.78 is 0. The third kappa shape index (κ3) is 3.30. The number of benzene rings is 1. The van der Waals surface area contributed by atoms with E-state index in [9.17, 15) is 0 Å². The average Bonchev–Trinajstić information content (AvgIpc) is 2.75. The van der Waals surface area contributed by atoms with Gasteiger partial charge in [0.1, 0.15) is 0 Å². The molecule has 0 saturated heterocycles. The fourth-order valence-corrected chi connectivity index (χ4v) is 2.48. The van der Waals surface area contributed by atoms with Gasteiger partial charge in [0.05, 0.1) is 0 Å². The highest BCUT2D eigenvalue weighted by Gasteiger charge is 2.11. The Balaban J connectivity index is 1.94. The summed E-state index contributed by atoms with van der Waals surface area (Å²) in [5.41, 5.74) is 4.40. The van der Waals surface area contributed by atoms with Crippen molar-refractivity contribution in [3.63, 3.8) is 0 Å². The zero-order chi connectivity index (χ0) is 12.3. The van der Waals surface area contributed by atoms with Crippen molar-refractivity contribution in [3.8, 4) is 0 Å². The maximum absolute atomic E-state index is 3.40. The second kappa shape index (κ2) is 5.65. The molecule has 0 aromatic heterocycles. The van der Waals surface area contributed by atoms with Crippen LogP contribution in [0.4, 0.5) is 0 Å². The van der Waals surface area contributed by atoms with Gasteiger partial charge in [0.2, 0.25) is 0 Å². The van der Waals surface area contributed by atoms with Crippen molar-refractivity contribution in [2.24, 2.45) is 5.92 Å². The van der Waals surface area contributed by atoms with Gasteiger partial charge < -0.3 is 10.2 Å². The first-order valence-electron chi connectivity index (χ1n) is 6.69. The zero-order valence-electron chi connectivity index (χ0n) is 11.3. The fourth-order valence-electron chi connectivity index (χ4n) is 2.48. The van der Waals surface area contributed by atoms with Gasteiger partial charge in [-0.15, -0.1) is 0 Å². The second-order valence-electron chi connectivity index (χ2n) is 5.42. The molecule has 94 valence electrons. The molecule has 2 heteroatoms. The number of nitrogens with one attached hydrogen (secondary N) is 1. The van der Waals surface area contributed by atoms with Crippen molar-refractivity contribution in [2.45, 2.75) is 39.9 Å². The zero-order valence-corrected chi connectivity index (χ0v) is 11.3. The van der Waals surface area contributed by atoms with Gasteiger partial charge in [-0.3, -0.25) is 0 Å². The van der Waals surface area contributed by atoms with Gasteiger partial charge >= 0.3 is 0 Å². The minimum absolute atomic E-state index is 0.788. The van der Waals surface area contributed by atoms with Crippen molar-refractivity contribution < 1.29 is 0 Å². The van der Waals surface area contributed by atoms with E-state index in [-0.39, 0.29) is 0 Å². The number of hydrogen-bond donors (Lipinski definition) is 1. The van der Waals surface area contributed by atoms with Crippen LogP contribution in [0, 0.1) is 5.92 Å². The van der Waals surface area contributed by atoms with Gasteiger partial charge in [-0.25, -0.2) is 0 Å². The molecule has 1 N–H and O–H groups in total. The van der Waals surface area contributed by atoms with E-state index in [2.05, 4.69) is 49.3 Å². The molecular formula is C15H24N2. The molecule has 0 bridgehead atoms. The Kier molecular flexibility index (Phi) is 4.19. The fraction of sp³-hybridized carbons (Fsp3) is 0.600. The van der Waals surface area contributed by atoms with Crippen LogP contribution in [0.3, 0.4) is 0 Å². The average molecular weight is 232 g/mol. The minimum Gasteiger partial charge on any atom is -0.309 e. The summed E-state index contributed by atoms with van der Waals surface area (Å²) in [6, 6.07) is 6.92. The molecule has 0 amide bonds. The van der Waals surface area contributed by atoms with Crippen molar-refractivity contribution in [1.29, 1.82) is 0 Å². The van der Waals surface area contributed by atoms with Gasteiger partial charge in [-0.05, 0) is 29.7 Å². The highest BCUT2D eigenvalue weighted by molar-refractivity contribution is 5.34. The Morgan fingerprint density at radius 3 is 2.82 bits per heavy atom. The Bertz CT molecular complexity index is 373. The highest BCUT2D eigenvalue weighted by atomic mass is 15.1. The topological polar surface area (TPSA) is 15.3 Å². The largest absolute Gasteiger partial charge is 0.309 e. The van der Waals surface area contributed by atoms with Crippen molar-refractivity contribution in [3.05, 3.63) is 34.9 Å². The molecule has 0 aliphatic carbocycles. The molecule has 0 spiro atoms. The first-order chi connectivity index (χ1) is 8.19. The molecule has 1 aliphatic heterocycles. The lowest BCUT2D eigenvalue weighted by molar-refractivity contribution is 0.275. The van der Waals surface area contributed by atoms with Crippen LogP contribution in [-0.4, -0.2) is 18.5 Å². The highest BCUT2D eigenvalue weighted by Crippen LogP contribution is 2.18. The summed E-state index contributed by atoms with van der Waals surface area (Å²) in [5, 5.41) is 3.40. The third-order valence-electron chi connectivity index (χ3n) is 3.67. The predicted molar refractivity (Wildman–Crippen MR) is 72.8 cm³/mol. The van der Waals surface area contributed by atoms with Crippen molar-refractivity contribution in [1.82, 2.24) is 10.2 Å². The summed E-state index contributed by atoms with van der Waals surface area (Å²) in [5.74, 6) is 0.788. The van der Waals surface area contributed by atoms with Crippen LogP contribution in [0.25, 0.3) is 0 Å². The predicted octanol–water partition coefficient (Wildman–Crippen LogP) is 2.77. The quantitative estimate of drug-likeness (QED) is 0.840. The number of nitrogens with zero attached hydrogens (tertiary/aromatic N) is 1. The molecule has 1 aromatic rings. The number of fused-ring (bicyclic) bond motifs is 1. The maximum atomic E-state index is 3.40. The molecule has 1 unspecified atom stereocenters. The van der Waals surface area contributed by atoms with Gasteiger partial charge in [-0.2, -0.15) is 0 Å². The van der Waals surface area contributed by atoms with Crippen LogP contribution >= 0.6 is 0 Å². The third-order valence-corrected chi connectivity index (χ3v) is 3.67. The van der Waals surface area contributed by atoms with Crippen LogP contribution in [-0.2, 0) is 19.6 Å². The van der Waals surface area contributed by atoms with E-state index in [1.807, 2.05) is 0 Å². The summed E-state index contributed by atoms with van der Waals surface area (Å²) in [6.45, 7) is 8.92. The van der Waals surface area contributed by atoms with Crippen LogP contribution in [0.1, 0.15) is 37.0 Å². The molecule has 0 radical (unpaired) electrons. The van der Waals surface area contributed by atoms with E-state index < -0.39 is 0 Å². The molecule has 1 aromatic carbocycles. The van der Waals surface area contributed by atoms with E-state index in [1.54, 1.807) is 0 Å². The van der Waals surface area contributed by atoms with Crippen LogP contribution in [0.5, 0.6) is 0 Å². The molecule has 2 nitrogen and oxygen atoms in total. The van der Waals surface area contributed by atoms with Crippen LogP contribution < -0.4 is 5.32 Å². The Labute approximate surface area is 105 Å². The Morgan fingerprint density at radius 2 is 2.06 bits per heavy atom. The van der Waals surface area contributed by atoms with Gasteiger partial charge in [0.15, 0.2) is 0 Å². The lowest BCUT2D eigenvalue weighted by atomic mass is 10.1. The molecule has 1 atom stereocenters. The minimum atomic E-state index is 0.788. The molecule has 1 heterocycles. The number of hydrogen-bond acceptors (Lipinski definition) is 2. The van der Waals surface area contributed by atoms with Crippen molar-refractivity contribution >= 4 is 0 Å². The van der Waals surface area contributed by atoms with E-state index >= 15 is 0 Å². The van der Waals surface area contributed by atoms with Crippen LogP contribution in [0.2, 0.25) is 0 Å². The van der Waals surface area contributed by atoms with Crippen molar-refractivity contribution in [2.75, 3.05) is 13.6 Å². The lowest BCUT2D eigenvalue weighted by Crippen LogP contribution is -2.23. The molecular weight excluding hydrogens is 208 g/mol. The monoisotopic (exact) mass is 232 g/mol. The van der Waals surface area contributed by atoms with Gasteiger partial charge in [-0.1, -0.05) is 38.5 Å². The molecule has 0 fully saturated rings. The molecule has 17 heavy (non-hydrogen) atoms. The molecule has 0 saturated carbocycles. The summed E-state index contributed by atoms with van der Waals surface area (Å²) >= 11 is 0. The summed E-state index contributed by atoms with van der Waals surface area (Å²) in [7, 11) is 2.22. The SMILES string of the molecule is CCC(C)CN(C)Cc1ccc2c(c1)CNC2. The summed E-state index contributed by atoms with van der Waals surface area (Å²) in [6.07, 6.45) is 1.26. The van der Waals surface area contributed by atoms with Gasteiger partial charge in [0.25, 0.3) is 0 Å². The Morgan fingerprint density at radius 1 is 1.29 bits per heavy atom. The van der Waals surface area contributed by atoms with E-state index in [4.69, 9.17) is 0 Å². The summed E-state index contributed by atoms with van der Waals surface area (Å²) in [4.78, 5) is 2.43.